The molecular weight excluding hydrogens is 374 g/mol. The summed E-state index contributed by atoms with van der Waals surface area (Å²) < 4.78 is 84.4. The van der Waals surface area contributed by atoms with E-state index in [1.165, 1.54) is 6.92 Å². The molecule has 2 N–H and O–H groups in total. The Morgan fingerprint density at radius 2 is 1.19 bits per heavy atom. The van der Waals surface area contributed by atoms with E-state index in [0.717, 1.165) is 18.2 Å². The highest BCUT2D eigenvalue weighted by molar-refractivity contribution is 5.51. The van der Waals surface area contributed by atoms with E-state index in [1.54, 1.807) is 13.8 Å². The maximum absolute atomic E-state index is 14.1. The molecule has 148 valence electrons. The maximum Gasteiger partial charge on any atom is 0.411 e. The molecule has 0 radical (unpaired) electrons. The van der Waals surface area contributed by atoms with Gasteiger partial charge in [-0.25, -0.2) is 0 Å². The van der Waals surface area contributed by atoms with Crippen LogP contribution in [0.4, 0.5) is 26.3 Å². The summed E-state index contributed by atoms with van der Waals surface area (Å²) in [5.74, 6) is -1.29. The van der Waals surface area contributed by atoms with Crippen molar-refractivity contribution >= 4 is 0 Å². The van der Waals surface area contributed by atoms with Gasteiger partial charge in [0.05, 0.1) is 0 Å². The van der Waals surface area contributed by atoms with E-state index in [0.29, 0.717) is 18.2 Å². The fourth-order valence-corrected chi connectivity index (χ4v) is 3.12. The number of phenols is 2. The summed E-state index contributed by atoms with van der Waals surface area (Å²) in [6.07, 6.45) is -11.4. The van der Waals surface area contributed by atoms with Gasteiger partial charge in [0.2, 0.25) is 5.41 Å². The molecule has 0 heterocycles. The average Bonchev–Trinajstić information content (AvgIpc) is 2.49. The summed E-state index contributed by atoms with van der Waals surface area (Å²) >= 11 is 0. The van der Waals surface area contributed by atoms with Crippen LogP contribution in [-0.2, 0) is 5.41 Å². The van der Waals surface area contributed by atoms with Crippen LogP contribution in [0.1, 0.15) is 42.0 Å². The quantitative estimate of drug-likeness (QED) is 0.635. The molecule has 2 nitrogen and oxygen atoms in total. The number of alkyl halides is 6. The van der Waals surface area contributed by atoms with E-state index in [1.807, 2.05) is 0 Å². The first kappa shape index (κ1) is 20.9. The van der Waals surface area contributed by atoms with Crippen LogP contribution in [0.2, 0.25) is 0 Å². The van der Waals surface area contributed by atoms with E-state index in [9.17, 15) is 36.6 Å². The standard InChI is InChI=1S/C19H18F6O2/c1-10(2)14-9-13(5-7-16(14)27)17(18(20,21)22,19(23,24)25)12-4-6-15(26)11(3)8-12/h4-10,26-27H,1-3H3. The zero-order valence-corrected chi connectivity index (χ0v) is 14.7. The van der Waals surface area contributed by atoms with Crippen LogP contribution < -0.4 is 0 Å². The lowest BCUT2D eigenvalue weighted by Gasteiger charge is -2.39. The maximum atomic E-state index is 14.1. The molecule has 0 aliphatic carbocycles. The summed E-state index contributed by atoms with van der Waals surface area (Å²) in [5.41, 5.74) is -6.56. The lowest BCUT2D eigenvalue weighted by molar-refractivity contribution is -0.288. The van der Waals surface area contributed by atoms with Gasteiger partial charge in [0.15, 0.2) is 0 Å². The second kappa shape index (κ2) is 6.65. The number of phenolic OH excluding ortho intramolecular Hbond substituents is 2. The van der Waals surface area contributed by atoms with Crippen LogP contribution in [0, 0.1) is 6.92 Å². The Hall–Kier alpha value is -2.38. The van der Waals surface area contributed by atoms with Crippen molar-refractivity contribution in [1.29, 1.82) is 0 Å². The van der Waals surface area contributed by atoms with Crippen molar-refractivity contribution in [2.75, 3.05) is 0 Å². The van der Waals surface area contributed by atoms with Gasteiger partial charge in [-0.15, -0.1) is 0 Å². The number of halogens is 6. The van der Waals surface area contributed by atoms with Gasteiger partial charge in [0.25, 0.3) is 0 Å². The first-order valence-corrected chi connectivity index (χ1v) is 8.00. The van der Waals surface area contributed by atoms with Gasteiger partial charge >= 0.3 is 12.4 Å². The minimum absolute atomic E-state index is 0.0270. The molecule has 0 amide bonds. The number of hydrogen-bond donors (Lipinski definition) is 2. The molecule has 0 aliphatic heterocycles. The Labute approximate surface area is 152 Å². The Morgan fingerprint density at radius 1 is 0.741 bits per heavy atom. The molecule has 2 aromatic carbocycles. The molecule has 0 atom stereocenters. The van der Waals surface area contributed by atoms with Gasteiger partial charge in [-0.05, 0) is 47.2 Å². The minimum atomic E-state index is -5.72. The molecule has 0 saturated heterocycles. The van der Waals surface area contributed by atoms with Crippen LogP contribution in [0.3, 0.4) is 0 Å². The first-order valence-electron chi connectivity index (χ1n) is 8.00. The lowest BCUT2D eigenvalue weighted by atomic mass is 9.71. The van der Waals surface area contributed by atoms with Crippen molar-refractivity contribution in [1.82, 2.24) is 0 Å². The molecule has 0 aromatic heterocycles. The van der Waals surface area contributed by atoms with E-state index in [4.69, 9.17) is 0 Å². The summed E-state index contributed by atoms with van der Waals surface area (Å²) in [4.78, 5) is 0. The summed E-state index contributed by atoms with van der Waals surface area (Å²) in [6.45, 7) is 4.31. The normalized spacial score (nSPS) is 13.3. The van der Waals surface area contributed by atoms with Gasteiger partial charge in [0, 0.05) is 0 Å². The van der Waals surface area contributed by atoms with Gasteiger partial charge in [-0.2, -0.15) is 26.3 Å². The molecule has 27 heavy (non-hydrogen) atoms. The molecule has 0 bridgehead atoms. The highest BCUT2D eigenvalue weighted by Gasteiger charge is 2.72. The largest absolute Gasteiger partial charge is 0.508 e. The predicted molar refractivity (Wildman–Crippen MR) is 87.9 cm³/mol. The van der Waals surface area contributed by atoms with Crippen LogP contribution in [0.25, 0.3) is 0 Å². The second-order valence-corrected chi connectivity index (χ2v) is 6.68. The van der Waals surface area contributed by atoms with Gasteiger partial charge in [-0.3, -0.25) is 0 Å². The van der Waals surface area contributed by atoms with Crippen LogP contribution >= 0.6 is 0 Å². The minimum Gasteiger partial charge on any atom is -0.508 e. The number of aryl methyl sites for hydroxylation is 1. The van der Waals surface area contributed by atoms with E-state index < -0.39 is 40.6 Å². The lowest BCUT2D eigenvalue weighted by Crippen LogP contribution is -2.54. The van der Waals surface area contributed by atoms with Crippen molar-refractivity contribution in [2.24, 2.45) is 0 Å². The van der Waals surface area contributed by atoms with Crippen molar-refractivity contribution in [2.45, 2.75) is 44.5 Å². The highest BCUT2D eigenvalue weighted by atomic mass is 19.4. The topological polar surface area (TPSA) is 40.5 Å². The summed E-state index contributed by atoms with van der Waals surface area (Å²) in [7, 11) is 0. The predicted octanol–water partition coefficient (Wildman–Crippen LogP) is 5.94. The molecule has 0 fully saturated rings. The number of benzene rings is 2. The number of aromatic hydroxyl groups is 2. The van der Waals surface area contributed by atoms with Crippen molar-refractivity contribution in [3.63, 3.8) is 0 Å². The molecule has 0 aliphatic rings. The van der Waals surface area contributed by atoms with Gasteiger partial charge in [0.1, 0.15) is 11.5 Å². The van der Waals surface area contributed by atoms with Gasteiger partial charge in [-0.1, -0.05) is 38.1 Å². The molecule has 0 spiro atoms. The monoisotopic (exact) mass is 392 g/mol. The molecule has 2 rings (SSSR count). The van der Waals surface area contributed by atoms with E-state index >= 15 is 0 Å². The molecular formula is C19H18F6O2. The Bertz CT molecular complexity index is 823. The highest BCUT2D eigenvalue weighted by Crippen LogP contribution is 2.57. The van der Waals surface area contributed by atoms with Crippen molar-refractivity contribution in [3.8, 4) is 11.5 Å². The molecule has 0 unspecified atom stereocenters. The fraction of sp³-hybridized carbons (Fsp3) is 0.368. The third-order valence-electron chi connectivity index (χ3n) is 4.56. The smallest absolute Gasteiger partial charge is 0.411 e. The third-order valence-corrected chi connectivity index (χ3v) is 4.56. The zero-order valence-electron chi connectivity index (χ0n) is 14.7. The molecule has 8 heteroatoms. The van der Waals surface area contributed by atoms with E-state index in [-0.39, 0.29) is 16.9 Å². The molecule has 0 saturated carbocycles. The van der Waals surface area contributed by atoms with Crippen LogP contribution in [0.15, 0.2) is 36.4 Å². The van der Waals surface area contributed by atoms with Crippen LogP contribution in [0.5, 0.6) is 11.5 Å². The van der Waals surface area contributed by atoms with Gasteiger partial charge < -0.3 is 10.2 Å². The first-order chi connectivity index (χ1) is 12.2. The van der Waals surface area contributed by atoms with E-state index in [2.05, 4.69) is 0 Å². The summed E-state index contributed by atoms with van der Waals surface area (Å²) in [5, 5.41) is 19.4. The number of hydrogen-bond acceptors (Lipinski definition) is 2. The number of rotatable bonds is 3. The van der Waals surface area contributed by atoms with Crippen molar-refractivity contribution in [3.05, 3.63) is 58.7 Å². The Kier molecular flexibility index (Phi) is 5.16. The Balaban J connectivity index is 2.97. The Morgan fingerprint density at radius 3 is 1.59 bits per heavy atom. The summed E-state index contributed by atoms with van der Waals surface area (Å²) in [6, 6.07) is 4.31. The third kappa shape index (κ3) is 3.33. The SMILES string of the molecule is Cc1cc(C(c2ccc(O)c(C(C)C)c2)(C(F)(F)F)C(F)(F)F)ccc1O. The van der Waals surface area contributed by atoms with Crippen molar-refractivity contribution < 1.29 is 36.6 Å². The second-order valence-electron chi connectivity index (χ2n) is 6.68. The zero-order chi connectivity index (χ0) is 20.8. The fourth-order valence-electron chi connectivity index (χ4n) is 3.12. The van der Waals surface area contributed by atoms with Crippen LogP contribution in [-0.4, -0.2) is 22.6 Å². The molecule has 2 aromatic rings. The average molecular weight is 392 g/mol.